The first-order valence-corrected chi connectivity index (χ1v) is 5.02. The van der Waals surface area contributed by atoms with E-state index in [1.54, 1.807) is 6.07 Å². The molecule has 2 rings (SSSR count). The summed E-state index contributed by atoms with van der Waals surface area (Å²) in [7, 11) is 0. The molecule has 0 aliphatic carbocycles. The van der Waals surface area contributed by atoms with Crippen LogP contribution in [0.15, 0.2) is 36.4 Å². The van der Waals surface area contributed by atoms with Crippen LogP contribution >= 0.6 is 12.4 Å². The van der Waals surface area contributed by atoms with Gasteiger partial charge in [0.25, 0.3) is 0 Å². The van der Waals surface area contributed by atoms with Crippen molar-refractivity contribution in [1.29, 1.82) is 0 Å². The number of hydrogen-bond donors (Lipinski definition) is 1. The van der Waals surface area contributed by atoms with Gasteiger partial charge in [0.2, 0.25) is 0 Å². The molecular weight excluding hydrogens is 238 g/mol. The highest BCUT2D eigenvalue weighted by Crippen LogP contribution is 2.10. The van der Waals surface area contributed by atoms with Crippen LogP contribution in [-0.4, -0.2) is 9.97 Å². The van der Waals surface area contributed by atoms with E-state index in [0.29, 0.717) is 18.2 Å². The molecule has 1 aromatic carbocycles. The lowest BCUT2D eigenvalue weighted by Gasteiger charge is -2.05. The molecule has 90 valence electrons. The lowest BCUT2D eigenvalue weighted by atomic mass is 10.3. The third-order valence-corrected chi connectivity index (χ3v) is 2.03. The third kappa shape index (κ3) is 3.92. The SMILES string of the molecule is Cc1cc(N)nc(COc2ccccc2)n1.Cl. The van der Waals surface area contributed by atoms with Crippen LogP contribution in [0.4, 0.5) is 5.82 Å². The number of rotatable bonds is 3. The molecular formula is C12H14ClN3O. The van der Waals surface area contributed by atoms with E-state index < -0.39 is 0 Å². The van der Waals surface area contributed by atoms with Gasteiger partial charge < -0.3 is 10.5 Å². The molecule has 0 bridgehead atoms. The smallest absolute Gasteiger partial charge is 0.168 e. The van der Waals surface area contributed by atoms with E-state index in [9.17, 15) is 0 Å². The van der Waals surface area contributed by atoms with Gasteiger partial charge in [0, 0.05) is 11.8 Å². The minimum atomic E-state index is 0. The van der Waals surface area contributed by atoms with Gasteiger partial charge in [0.1, 0.15) is 18.2 Å². The van der Waals surface area contributed by atoms with E-state index in [2.05, 4.69) is 9.97 Å². The Labute approximate surface area is 106 Å². The zero-order valence-corrected chi connectivity index (χ0v) is 10.3. The quantitative estimate of drug-likeness (QED) is 0.910. The van der Waals surface area contributed by atoms with E-state index in [0.717, 1.165) is 11.4 Å². The van der Waals surface area contributed by atoms with Crippen molar-refractivity contribution in [3.05, 3.63) is 47.9 Å². The molecule has 4 nitrogen and oxygen atoms in total. The Balaban J connectivity index is 0.00000144. The molecule has 0 saturated carbocycles. The Morgan fingerprint density at radius 1 is 1.18 bits per heavy atom. The molecule has 0 spiro atoms. The van der Waals surface area contributed by atoms with E-state index in [4.69, 9.17) is 10.5 Å². The van der Waals surface area contributed by atoms with Crippen molar-refractivity contribution in [3.8, 4) is 5.75 Å². The van der Waals surface area contributed by atoms with Crippen LogP contribution in [0, 0.1) is 6.92 Å². The van der Waals surface area contributed by atoms with Crippen molar-refractivity contribution in [3.63, 3.8) is 0 Å². The fourth-order valence-electron chi connectivity index (χ4n) is 1.39. The molecule has 0 unspecified atom stereocenters. The van der Waals surface area contributed by atoms with Crippen LogP contribution in [0.5, 0.6) is 5.75 Å². The Morgan fingerprint density at radius 3 is 2.53 bits per heavy atom. The Kier molecular flexibility index (Phi) is 4.72. The molecule has 0 aliphatic rings. The maximum atomic E-state index is 5.62. The van der Waals surface area contributed by atoms with Crippen LogP contribution in [-0.2, 0) is 6.61 Å². The van der Waals surface area contributed by atoms with E-state index in [1.807, 2.05) is 37.3 Å². The highest BCUT2D eigenvalue weighted by molar-refractivity contribution is 5.85. The predicted molar refractivity (Wildman–Crippen MR) is 69.2 cm³/mol. The number of aromatic nitrogens is 2. The molecule has 0 radical (unpaired) electrons. The molecule has 1 aromatic heterocycles. The van der Waals surface area contributed by atoms with Crippen molar-refractivity contribution in [2.45, 2.75) is 13.5 Å². The number of anilines is 1. The van der Waals surface area contributed by atoms with Gasteiger partial charge in [-0.05, 0) is 19.1 Å². The van der Waals surface area contributed by atoms with Gasteiger partial charge in [-0.3, -0.25) is 0 Å². The number of para-hydroxylation sites is 1. The summed E-state index contributed by atoms with van der Waals surface area (Å²) in [5, 5.41) is 0. The molecule has 0 amide bonds. The average molecular weight is 252 g/mol. The zero-order chi connectivity index (χ0) is 11.4. The molecule has 0 aliphatic heterocycles. The van der Waals surface area contributed by atoms with Crippen molar-refractivity contribution in [1.82, 2.24) is 9.97 Å². The molecule has 2 aromatic rings. The molecule has 5 heteroatoms. The van der Waals surface area contributed by atoms with Gasteiger partial charge in [-0.25, -0.2) is 9.97 Å². The third-order valence-electron chi connectivity index (χ3n) is 2.03. The lowest BCUT2D eigenvalue weighted by molar-refractivity contribution is 0.295. The average Bonchev–Trinajstić information content (AvgIpc) is 2.27. The number of ether oxygens (including phenoxy) is 1. The monoisotopic (exact) mass is 251 g/mol. The van der Waals surface area contributed by atoms with Crippen LogP contribution in [0.3, 0.4) is 0 Å². The number of nitrogen functional groups attached to an aromatic ring is 1. The van der Waals surface area contributed by atoms with Crippen LogP contribution < -0.4 is 10.5 Å². The number of benzene rings is 1. The van der Waals surface area contributed by atoms with Gasteiger partial charge in [-0.2, -0.15) is 0 Å². The molecule has 1 heterocycles. The number of nitrogens with two attached hydrogens (primary N) is 1. The van der Waals surface area contributed by atoms with E-state index in [1.165, 1.54) is 0 Å². The summed E-state index contributed by atoms with van der Waals surface area (Å²) in [5.74, 6) is 1.87. The summed E-state index contributed by atoms with van der Waals surface area (Å²) in [5.41, 5.74) is 6.47. The largest absolute Gasteiger partial charge is 0.486 e. The minimum absolute atomic E-state index is 0. The number of nitrogens with zero attached hydrogens (tertiary/aromatic N) is 2. The summed E-state index contributed by atoms with van der Waals surface area (Å²) < 4.78 is 5.52. The van der Waals surface area contributed by atoms with Crippen molar-refractivity contribution in [2.75, 3.05) is 5.73 Å². The van der Waals surface area contributed by atoms with Crippen molar-refractivity contribution < 1.29 is 4.74 Å². The topological polar surface area (TPSA) is 61.0 Å². The lowest BCUT2D eigenvalue weighted by Crippen LogP contribution is -2.05. The maximum absolute atomic E-state index is 5.62. The van der Waals surface area contributed by atoms with E-state index >= 15 is 0 Å². The van der Waals surface area contributed by atoms with Gasteiger partial charge in [-0.15, -0.1) is 12.4 Å². The standard InChI is InChI=1S/C12H13N3O.ClH/c1-9-7-11(13)15-12(14-9)8-16-10-5-3-2-4-6-10;/h2-7H,8H2,1H3,(H2,13,14,15);1H. The van der Waals surface area contributed by atoms with Crippen molar-refractivity contribution in [2.24, 2.45) is 0 Å². The van der Waals surface area contributed by atoms with Gasteiger partial charge in [-0.1, -0.05) is 18.2 Å². The molecule has 0 saturated heterocycles. The van der Waals surface area contributed by atoms with E-state index in [-0.39, 0.29) is 12.4 Å². The van der Waals surface area contributed by atoms with Gasteiger partial charge >= 0.3 is 0 Å². The summed E-state index contributed by atoms with van der Waals surface area (Å²) in [6.45, 7) is 2.21. The fourth-order valence-corrected chi connectivity index (χ4v) is 1.39. The van der Waals surface area contributed by atoms with Crippen LogP contribution in [0.25, 0.3) is 0 Å². The molecule has 17 heavy (non-hydrogen) atoms. The molecule has 0 atom stereocenters. The predicted octanol–water partition coefficient (Wildman–Crippen LogP) is 2.37. The number of hydrogen-bond acceptors (Lipinski definition) is 4. The first-order valence-electron chi connectivity index (χ1n) is 5.02. The normalized spacial score (nSPS) is 9.47. The first kappa shape index (κ1) is 13.3. The Bertz CT molecular complexity index is 456. The number of halogens is 1. The van der Waals surface area contributed by atoms with Crippen molar-refractivity contribution >= 4 is 18.2 Å². The van der Waals surface area contributed by atoms with Crippen LogP contribution in [0.1, 0.15) is 11.5 Å². The highest BCUT2D eigenvalue weighted by atomic mass is 35.5. The summed E-state index contributed by atoms with van der Waals surface area (Å²) in [6.07, 6.45) is 0. The highest BCUT2D eigenvalue weighted by Gasteiger charge is 2.00. The summed E-state index contributed by atoms with van der Waals surface area (Å²) >= 11 is 0. The number of aryl methyl sites for hydroxylation is 1. The van der Waals surface area contributed by atoms with Crippen LogP contribution in [0.2, 0.25) is 0 Å². The maximum Gasteiger partial charge on any atom is 0.168 e. The second kappa shape index (κ2) is 6.06. The summed E-state index contributed by atoms with van der Waals surface area (Å²) in [6, 6.07) is 11.3. The fraction of sp³-hybridized carbons (Fsp3) is 0.167. The van der Waals surface area contributed by atoms with Gasteiger partial charge in [0.05, 0.1) is 0 Å². The molecule has 0 fully saturated rings. The summed E-state index contributed by atoms with van der Waals surface area (Å²) in [4.78, 5) is 8.32. The van der Waals surface area contributed by atoms with Gasteiger partial charge in [0.15, 0.2) is 5.82 Å². The second-order valence-electron chi connectivity index (χ2n) is 3.45. The first-order chi connectivity index (χ1) is 7.74. The zero-order valence-electron chi connectivity index (χ0n) is 9.46. The Hall–Kier alpha value is -1.81. The molecule has 2 N–H and O–H groups in total. The second-order valence-corrected chi connectivity index (χ2v) is 3.45. The minimum Gasteiger partial charge on any atom is -0.486 e. The Morgan fingerprint density at radius 2 is 1.88 bits per heavy atom.